The number of halogens is 3. The van der Waals surface area contributed by atoms with Crippen LogP contribution in [0.3, 0.4) is 0 Å². The van der Waals surface area contributed by atoms with E-state index in [1.807, 2.05) is 32.9 Å². The molecule has 0 atom stereocenters. The number of carbonyl (C=O) groups excluding carboxylic acids is 2. The van der Waals surface area contributed by atoms with E-state index < -0.39 is 30.5 Å². The van der Waals surface area contributed by atoms with E-state index in [0.29, 0.717) is 44.9 Å². The highest BCUT2D eigenvalue weighted by molar-refractivity contribution is 6.11. The molecule has 2 aromatic heterocycles. The molecule has 0 spiro atoms. The Bertz CT molecular complexity index is 1930. The van der Waals surface area contributed by atoms with Gasteiger partial charge in [0.15, 0.2) is 11.5 Å². The van der Waals surface area contributed by atoms with Crippen LogP contribution in [0, 0.1) is 0 Å². The first-order chi connectivity index (χ1) is 22.3. The van der Waals surface area contributed by atoms with E-state index in [1.54, 1.807) is 73.8 Å². The maximum atomic E-state index is 13.4. The number of ether oxygens (including phenoxy) is 2. The Balaban J connectivity index is 1.61. The number of nitrogens with zero attached hydrogens (tertiary/aromatic N) is 1. The summed E-state index contributed by atoms with van der Waals surface area (Å²) in [4.78, 5) is 30.7. The average Bonchev–Trinajstić information content (AvgIpc) is 3.41. The van der Waals surface area contributed by atoms with Gasteiger partial charge in [-0.3, -0.25) is 9.59 Å². The van der Waals surface area contributed by atoms with Crippen LogP contribution in [-0.2, 0) is 6.42 Å². The summed E-state index contributed by atoms with van der Waals surface area (Å²) in [5.74, 6) is 0.955. The van der Waals surface area contributed by atoms with E-state index in [0.717, 1.165) is 0 Å². The molecule has 5 rings (SSSR count). The molecule has 0 fully saturated rings. The summed E-state index contributed by atoms with van der Waals surface area (Å²) in [5, 5.41) is 5.83. The number of hydrogen-bond acceptors (Lipinski definition) is 6. The molecule has 11 heteroatoms. The lowest BCUT2D eigenvalue weighted by Crippen LogP contribution is -2.40. The summed E-state index contributed by atoms with van der Waals surface area (Å²) in [5.41, 5.74) is 1.47. The van der Waals surface area contributed by atoms with Crippen molar-refractivity contribution in [1.29, 1.82) is 0 Å². The van der Waals surface area contributed by atoms with E-state index in [2.05, 4.69) is 15.6 Å². The molecule has 0 bridgehead atoms. The zero-order chi connectivity index (χ0) is 33.9. The monoisotopic (exact) mass is 645 g/mol. The molecule has 47 heavy (non-hydrogen) atoms. The Hall–Kier alpha value is -5.32. The van der Waals surface area contributed by atoms with Crippen molar-refractivity contribution in [1.82, 2.24) is 15.6 Å². The second-order valence-corrected chi connectivity index (χ2v) is 11.9. The number of fused-ring (bicyclic) bond motifs is 1. The second-order valence-electron chi connectivity index (χ2n) is 11.9. The third-order valence-electron chi connectivity index (χ3n) is 7.20. The maximum absolute atomic E-state index is 13.4. The predicted octanol–water partition coefficient (Wildman–Crippen LogP) is 8.35. The molecule has 0 aliphatic carbocycles. The molecule has 0 aliphatic rings. The molecule has 0 saturated heterocycles. The quantitative estimate of drug-likeness (QED) is 0.167. The lowest BCUT2D eigenvalue weighted by Gasteiger charge is -2.20. The highest BCUT2D eigenvalue weighted by Gasteiger charge is 2.29. The molecular weight excluding hydrogens is 611 g/mol. The smallest absolute Gasteiger partial charge is 0.389 e. The van der Waals surface area contributed by atoms with Crippen molar-refractivity contribution in [3.8, 4) is 39.7 Å². The standard InChI is InChI=1S/C36H34F3N3O5/c1-35(2,3)42-32(43)23-10-8-9-22(19-23)25-20-26-30(33(44)40-4)31(47-34(26)41-27(25)17-18-36(37,38)39)21-13-15-24(16-14-21)46-29-12-7-6-11-28(29)45-5/h6-16,19-20H,17-18H2,1-5H3,(H,40,44)(H,42,43). The maximum Gasteiger partial charge on any atom is 0.389 e. The van der Waals surface area contributed by atoms with Gasteiger partial charge in [0.25, 0.3) is 11.8 Å². The van der Waals surface area contributed by atoms with Crippen LogP contribution >= 0.6 is 0 Å². The van der Waals surface area contributed by atoms with Crippen LogP contribution in [0.5, 0.6) is 17.2 Å². The molecule has 5 aromatic rings. The number of pyridine rings is 1. The molecule has 2 heterocycles. The van der Waals surface area contributed by atoms with Gasteiger partial charge in [0.2, 0.25) is 5.71 Å². The van der Waals surface area contributed by atoms with Crippen LogP contribution in [0.4, 0.5) is 13.2 Å². The third kappa shape index (κ3) is 7.74. The molecule has 3 aromatic carbocycles. The van der Waals surface area contributed by atoms with Crippen LogP contribution in [-0.4, -0.2) is 42.7 Å². The number of aromatic nitrogens is 1. The van der Waals surface area contributed by atoms with Crippen LogP contribution in [0.15, 0.2) is 83.3 Å². The second kappa shape index (κ2) is 13.2. The van der Waals surface area contributed by atoms with Gasteiger partial charge in [0.1, 0.15) is 11.5 Å². The molecule has 0 radical (unpaired) electrons. The van der Waals surface area contributed by atoms with E-state index in [9.17, 15) is 22.8 Å². The molecule has 0 unspecified atom stereocenters. The summed E-state index contributed by atoms with van der Waals surface area (Å²) in [6.45, 7) is 5.54. The van der Waals surface area contributed by atoms with Gasteiger partial charge in [-0.05, 0) is 87.4 Å². The summed E-state index contributed by atoms with van der Waals surface area (Å²) in [7, 11) is 3.01. The highest BCUT2D eigenvalue weighted by Crippen LogP contribution is 2.39. The van der Waals surface area contributed by atoms with Gasteiger partial charge in [-0.25, -0.2) is 4.98 Å². The number of aryl methyl sites for hydroxylation is 1. The average molecular weight is 646 g/mol. The van der Waals surface area contributed by atoms with Gasteiger partial charge in [-0.15, -0.1) is 0 Å². The Labute approximate surface area is 269 Å². The fourth-order valence-corrected chi connectivity index (χ4v) is 5.06. The topological polar surface area (TPSA) is 103 Å². The molecule has 8 nitrogen and oxygen atoms in total. The van der Waals surface area contributed by atoms with Crippen molar-refractivity contribution in [3.05, 3.63) is 95.7 Å². The van der Waals surface area contributed by atoms with Crippen molar-refractivity contribution in [2.45, 2.75) is 45.3 Å². The minimum Gasteiger partial charge on any atom is -0.493 e. The van der Waals surface area contributed by atoms with Crippen LogP contribution in [0.1, 0.15) is 53.6 Å². The largest absolute Gasteiger partial charge is 0.493 e. The lowest BCUT2D eigenvalue weighted by molar-refractivity contribution is -0.134. The van der Waals surface area contributed by atoms with Crippen molar-refractivity contribution < 1.29 is 36.7 Å². The Morgan fingerprint density at radius 1 is 0.872 bits per heavy atom. The van der Waals surface area contributed by atoms with Crippen LogP contribution in [0.2, 0.25) is 0 Å². The van der Waals surface area contributed by atoms with E-state index >= 15 is 0 Å². The molecule has 0 aliphatic heterocycles. The SMILES string of the molecule is CNC(=O)c1c(-c2ccc(Oc3ccccc3OC)cc2)oc2nc(CCC(F)(F)F)c(-c3cccc(C(=O)NC(C)(C)C)c3)cc12. The first-order valence-electron chi connectivity index (χ1n) is 14.9. The van der Waals surface area contributed by atoms with Gasteiger partial charge in [-0.2, -0.15) is 13.2 Å². The lowest BCUT2D eigenvalue weighted by atomic mass is 9.96. The van der Waals surface area contributed by atoms with Gasteiger partial charge in [0, 0.05) is 35.7 Å². The van der Waals surface area contributed by atoms with Crippen molar-refractivity contribution >= 4 is 22.9 Å². The van der Waals surface area contributed by atoms with Gasteiger partial charge >= 0.3 is 6.18 Å². The summed E-state index contributed by atoms with van der Waals surface area (Å²) < 4.78 is 57.6. The Morgan fingerprint density at radius 2 is 1.57 bits per heavy atom. The minimum absolute atomic E-state index is 0.00973. The van der Waals surface area contributed by atoms with Gasteiger partial charge in [0.05, 0.1) is 23.8 Å². The molecular formula is C36H34F3N3O5. The number of alkyl halides is 3. The van der Waals surface area contributed by atoms with Crippen molar-refractivity contribution in [2.75, 3.05) is 14.2 Å². The highest BCUT2D eigenvalue weighted by atomic mass is 19.4. The number of amides is 2. The summed E-state index contributed by atoms with van der Waals surface area (Å²) >= 11 is 0. The molecule has 0 saturated carbocycles. The first kappa shape index (κ1) is 33.1. The number of para-hydroxylation sites is 2. The third-order valence-corrected chi connectivity index (χ3v) is 7.20. The van der Waals surface area contributed by atoms with E-state index in [-0.39, 0.29) is 28.6 Å². The fraction of sp³-hybridized carbons (Fsp3) is 0.250. The van der Waals surface area contributed by atoms with Crippen molar-refractivity contribution in [2.24, 2.45) is 0 Å². The van der Waals surface area contributed by atoms with E-state index in [4.69, 9.17) is 13.9 Å². The normalized spacial score (nSPS) is 11.7. The fourth-order valence-electron chi connectivity index (χ4n) is 5.06. The zero-order valence-electron chi connectivity index (χ0n) is 26.5. The minimum atomic E-state index is -4.43. The number of benzene rings is 3. The molecule has 244 valence electrons. The molecule has 2 amide bonds. The Morgan fingerprint density at radius 3 is 2.21 bits per heavy atom. The van der Waals surface area contributed by atoms with Crippen molar-refractivity contribution in [3.63, 3.8) is 0 Å². The predicted molar refractivity (Wildman–Crippen MR) is 173 cm³/mol. The van der Waals surface area contributed by atoms with Gasteiger partial charge in [-0.1, -0.05) is 24.3 Å². The number of carbonyl (C=O) groups is 2. The number of rotatable bonds is 9. The number of hydrogen-bond donors (Lipinski definition) is 2. The summed E-state index contributed by atoms with van der Waals surface area (Å²) in [6, 6.07) is 22.2. The van der Waals surface area contributed by atoms with Crippen LogP contribution < -0.4 is 20.1 Å². The Kier molecular flexibility index (Phi) is 9.28. The van der Waals surface area contributed by atoms with Crippen LogP contribution in [0.25, 0.3) is 33.6 Å². The zero-order valence-corrected chi connectivity index (χ0v) is 26.5. The van der Waals surface area contributed by atoms with E-state index in [1.165, 1.54) is 7.05 Å². The number of nitrogens with one attached hydrogen (secondary N) is 2. The number of furan rings is 1. The summed E-state index contributed by atoms with van der Waals surface area (Å²) in [6.07, 6.45) is -5.99. The first-order valence-corrected chi connectivity index (χ1v) is 14.9. The van der Waals surface area contributed by atoms with Gasteiger partial charge < -0.3 is 24.5 Å². The molecule has 2 N–H and O–H groups in total. The number of methoxy groups -OCH3 is 1.